The molecule has 0 aliphatic rings. The van der Waals surface area contributed by atoms with Gasteiger partial charge in [-0.2, -0.15) is 0 Å². The lowest BCUT2D eigenvalue weighted by molar-refractivity contribution is 0.407. The van der Waals surface area contributed by atoms with E-state index in [-0.39, 0.29) is 22.5 Å². The van der Waals surface area contributed by atoms with Crippen LogP contribution in [0.5, 0.6) is 0 Å². The summed E-state index contributed by atoms with van der Waals surface area (Å²) in [6, 6.07) is 3.28. The van der Waals surface area contributed by atoms with Crippen molar-refractivity contribution in [2.45, 2.75) is 25.7 Å². The first-order valence-corrected chi connectivity index (χ1v) is 6.65. The predicted molar refractivity (Wildman–Crippen MR) is 65.5 cm³/mol. The number of hydrogen-bond acceptors (Lipinski definition) is 3. The van der Waals surface area contributed by atoms with Gasteiger partial charge in [-0.3, -0.25) is 0 Å². The van der Waals surface area contributed by atoms with Gasteiger partial charge >= 0.3 is 0 Å². The number of sulfonamides is 1. The van der Waals surface area contributed by atoms with E-state index in [1.807, 2.05) is 20.8 Å². The molecule has 0 amide bonds. The van der Waals surface area contributed by atoms with E-state index in [0.29, 0.717) is 0 Å². The van der Waals surface area contributed by atoms with Crippen molar-refractivity contribution in [1.82, 2.24) is 4.72 Å². The lowest BCUT2D eigenvalue weighted by Crippen LogP contribution is -2.32. The maximum Gasteiger partial charge on any atom is 0.242 e. The largest absolute Gasteiger partial charge is 0.398 e. The molecule has 0 spiro atoms. The SMILES string of the molecule is CC(C)(C)CNS(=O)(=O)c1cc(F)ccc1N. The molecule has 1 aromatic carbocycles. The summed E-state index contributed by atoms with van der Waals surface area (Å²) in [7, 11) is -3.76. The average Bonchev–Trinajstić information content (AvgIpc) is 2.18. The number of benzene rings is 1. The van der Waals surface area contributed by atoms with Gasteiger partial charge in [0.2, 0.25) is 10.0 Å². The number of nitrogens with one attached hydrogen (secondary N) is 1. The summed E-state index contributed by atoms with van der Waals surface area (Å²) < 4.78 is 39.2. The zero-order valence-corrected chi connectivity index (χ0v) is 10.9. The number of anilines is 1. The minimum Gasteiger partial charge on any atom is -0.398 e. The van der Waals surface area contributed by atoms with Crippen molar-refractivity contribution < 1.29 is 12.8 Å². The summed E-state index contributed by atoms with van der Waals surface area (Å²) in [5.41, 5.74) is 5.36. The van der Waals surface area contributed by atoms with E-state index >= 15 is 0 Å². The van der Waals surface area contributed by atoms with Gasteiger partial charge in [-0.05, 0) is 23.6 Å². The summed E-state index contributed by atoms with van der Waals surface area (Å²) in [5.74, 6) is -0.629. The summed E-state index contributed by atoms with van der Waals surface area (Å²) in [6.45, 7) is 5.94. The highest BCUT2D eigenvalue weighted by Crippen LogP contribution is 2.20. The first-order valence-electron chi connectivity index (χ1n) is 5.16. The molecule has 1 rings (SSSR count). The van der Waals surface area contributed by atoms with Crippen molar-refractivity contribution in [1.29, 1.82) is 0 Å². The Bertz CT molecular complexity index is 507. The van der Waals surface area contributed by atoms with Gasteiger partial charge in [-0.15, -0.1) is 0 Å². The monoisotopic (exact) mass is 260 g/mol. The van der Waals surface area contributed by atoms with Crippen molar-refractivity contribution in [2.75, 3.05) is 12.3 Å². The van der Waals surface area contributed by atoms with Gasteiger partial charge in [-0.25, -0.2) is 17.5 Å². The Balaban J connectivity index is 3.02. The molecule has 17 heavy (non-hydrogen) atoms. The molecular formula is C11H17FN2O2S. The standard InChI is InChI=1S/C11H17FN2O2S/c1-11(2,3)7-14-17(15,16)10-6-8(12)4-5-9(10)13/h4-6,14H,7,13H2,1-3H3. The molecule has 0 radical (unpaired) electrons. The van der Waals surface area contributed by atoms with Crippen LogP contribution in [0.3, 0.4) is 0 Å². The van der Waals surface area contributed by atoms with E-state index < -0.39 is 15.8 Å². The number of hydrogen-bond donors (Lipinski definition) is 2. The van der Waals surface area contributed by atoms with Crippen molar-refractivity contribution in [2.24, 2.45) is 5.41 Å². The molecule has 0 unspecified atom stereocenters. The molecule has 0 aliphatic carbocycles. The molecular weight excluding hydrogens is 243 g/mol. The van der Waals surface area contributed by atoms with Crippen LogP contribution < -0.4 is 10.5 Å². The molecule has 96 valence electrons. The number of rotatable bonds is 3. The molecule has 1 aromatic rings. The zero-order chi connectivity index (χ0) is 13.3. The maximum atomic E-state index is 13.0. The Kier molecular flexibility index (Phi) is 3.78. The third-order valence-corrected chi connectivity index (χ3v) is 3.51. The van der Waals surface area contributed by atoms with Crippen LogP contribution in [0, 0.1) is 11.2 Å². The van der Waals surface area contributed by atoms with Crippen LogP contribution >= 0.6 is 0 Å². The van der Waals surface area contributed by atoms with E-state index in [9.17, 15) is 12.8 Å². The minimum atomic E-state index is -3.76. The van der Waals surface area contributed by atoms with E-state index in [4.69, 9.17) is 5.73 Å². The Morgan fingerprint density at radius 3 is 2.47 bits per heavy atom. The van der Waals surface area contributed by atoms with Crippen LogP contribution in [-0.2, 0) is 10.0 Å². The van der Waals surface area contributed by atoms with Crippen LogP contribution in [0.25, 0.3) is 0 Å². The van der Waals surface area contributed by atoms with Crippen molar-refractivity contribution in [3.05, 3.63) is 24.0 Å². The van der Waals surface area contributed by atoms with E-state index in [1.54, 1.807) is 0 Å². The van der Waals surface area contributed by atoms with Crippen LogP contribution in [0.15, 0.2) is 23.1 Å². The Morgan fingerprint density at radius 2 is 1.94 bits per heavy atom. The molecule has 0 atom stereocenters. The van der Waals surface area contributed by atoms with Gasteiger partial charge in [0.05, 0.1) is 5.69 Å². The molecule has 0 bridgehead atoms. The molecule has 6 heteroatoms. The molecule has 0 fully saturated rings. The van der Waals surface area contributed by atoms with Gasteiger partial charge in [0.25, 0.3) is 0 Å². The third-order valence-electron chi connectivity index (χ3n) is 2.06. The fraction of sp³-hybridized carbons (Fsp3) is 0.455. The van der Waals surface area contributed by atoms with Crippen molar-refractivity contribution >= 4 is 15.7 Å². The Morgan fingerprint density at radius 1 is 1.35 bits per heavy atom. The second-order valence-corrected chi connectivity index (χ2v) is 6.80. The van der Waals surface area contributed by atoms with Crippen LogP contribution in [0.1, 0.15) is 20.8 Å². The molecule has 0 saturated heterocycles. The van der Waals surface area contributed by atoms with E-state index in [0.717, 1.165) is 12.1 Å². The first kappa shape index (κ1) is 13.9. The summed E-state index contributed by atoms with van der Waals surface area (Å²) in [4.78, 5) is -0.221. The van der Waals surface area contributed by atoms with Crippen LogP contribution in [0.2, 0.25) is 0 Å². The zero-order valence-electron chi connectivity index (χ0n) is 10.1. The number of halogens is 1. The van der Waals surface area contributed by atoms with Gasteiger partial charge in [0, 0.05) is 6.54 Å². The average molecular weight is 260 g/mol. The quantitative estimate of drug-likeness (QED) is 0.813. The topological polar surface area (TPSA) is 72.2 Å². The van der Waals surface area contributed by atoms with Gasteiger partial charge in [0.1, 0.15) is 10.7 Å². The molecule has 4 nitrogen and oxygen atoms in total. The second kappa shape index (κ2) is 4.62. The highest BCUT2D eigenvalue weighted by atomic mass is 32.2. The summed E-state index contributed by atoms with van der Waals surface area (Å²) in [6.07, 6.45) is 0. The Hall–Kier alpha value is -1.14. The molecule has 0 aliphatic heterocycles. The Labute approximate surface area is 101 Å². The fourth-order valence-electron chi connectivity index (χ4n) is 1.13. The highest BCUT2D eigenvalue weighted by Gasteiger charge is 2.21. The molecule has 0 heterocycles. The lowest BCUT2D eigenvalue weighted by Gasteiger charge is -2.19. The first-order chi connectivity index (χ1) is 7.62. The number of nitrogens with two attached hydrogens (primary N) is 1. The van der Waals surface area contributed by atoms with Gasteiger partial charge in [0.15, 0.2) is 0 Å². The van der Waals surface area contributed by atoms with Gasteiger partial charge in [-0.1, -0.05) is 20.8 Å². The summed E-state index contributed by atoms with van der Waals surface area (Å²) >= 11 is 0. The maximum absolute atomic E-state index is 13.0. The second-order valence-electron chi connectivity index (χ2n) is 5.07. The molecule has 3 N–H and O–H groups in total. The third kappa shape index (κ3) is 3.98. The van der Waals surface area contributed by atoms with Gasteiger partial charge < -0.3 is 5.73 Å². The van der Waals surface area contributed by atoms with Crippen LogP contribution in [-0.4, -0.2) is 15.0 Å². The highest BCUT2D eigenvalue weighted by molar-refractivity contribution is 7.89. The smallest absolute Gasteiger partial charge is 0.242 e. The minimum absolute atomic E-state index is 0.0350. The van der Waals surface area contributed by atoms with Crippen molar-refractivity contribution in [3.8, 4) is 0 Å². The predicted octanol–water partition coefficient (Wildman–Crippen LogP) is 1.73. The summed E-state index contributed by atoms with van der Waals surface area (Å²) in [5, 5.41) is 0. The molecule has 0 aromatic heterocycles. The van der Waals surface area contributed by atoms with E-state index in [2.05, 4.69) is 4.72 Å². The molecule has 0 saturated carbocycles. The fourth-order valence-corrected chi connectivity index (χ4v) is 2.55. The van der Waals surface area contributed by atoms with Crippen LogP contribution in [0.4, 0.5) is 10.1 Å². The van der Waals surface area contributed by atoms with E-state index in [1.165, 1.54) is 6.07 Å². The van der Waals surface area contributed by atoms with Crippen molar-refractivity contribution in [3.63, 3.8) is 0 Å². The normalized spacial score (nSPS) is 12.7. The number of nitrogen functional groups attached to an aromatic ring is 1. The lowest BCUT2D eigenvalue weighted by atomic mass is 9.98.